The fourth-order valence-corrected chi connectivity index (χ4v) is 2.28. The molecular weight excluding hydrogens is 240 g/mol. The first-order valence-electron chi connectivity index (χ1n) is 6.39. The number of hydrogen-bond donors (Lipinski definition) is 1. The molecule has 5 heteroatoms. The molecule has 102 valence electrons. The molecule has 0 fully saturated rings. The van der Waals surface area contributed by atoms with E-state index in [0.717, 1.165) is 29.1 Å². The van der Waals surface area contributed by atoms with E-state index in [1.807, 2.05) is 31.0 Å². The number of hydrogen-bond acceptors (Lipinski definition) is 4. The van der Waals surface area contributed by atoms with Crippen LogP contribution >= 0.6 is 0 Å². The second kappa shape index (κ2) is 5.84. The van der Waals surface area contributed by atoms with Gasteiger partial charge in [0.2, 0.25) is 0 Å². The van der Waals surface area contributed by atoms with Gasteiger partial charge in [0.15, 0.2) is 5.75 Å². The van der Waals surface area contributed by atoms with Crippen molar-refractivity contribution in [3.8, 4) is 5.75 Å². The maximum absolute atomic E-state index is 5.42. The molecule has 0 saturated carbocycles. The highest BCUT2D eigenvalue weighted by molar-refractivity contribution is 5.36. The molecule has 0 aliphatic heterocycles. The van der Waals surface area contributed by atoms with Gasteiger partial charge in [-0.1, -0.05) is 6.07 Å². The largest absolute Gasteiger partial charge is 0.493 e. The van der Waals surface area contributed by atoms with E-state index in [9.17, 15) is 0 Å². The first kappa shape index (κ1) is 13.5. The lowest BCUT2D eigenvalue weighted by Crippen LogP contribution is -2.22. The molecule has 1 atom stereocenters. The molecule has 1 unspecified atom stereocenters. The second-order valence-electron chi connectivity index (χ2n) is 4.43. The van der Waals surface area contributed by atoms with Crippen LogP contribution < -0.4 is 10.1 Å². The van der Waals surface area contributed by atoms with Gasteiger partial charge in [0, 0.05) is 18.9 Å². The zero-order valence-corrected chi connectivity index (χ0v) is 11.8. The summed E-state index contributed by atoms with van der Waals surface area (Å²) < 4.78 is 7.37. The first-order chi connectivity index (χ1) is 9.21. The number of ether oxygens (including phenoxy) is 1. The summed E-state index contributed by atoms with van der Waals surface area (Å²) in [6.45, 7) is 4.91. The minimum Gasteiger partial charge on any atom is -0.493 e. The molecule has 2 rings (SSSR count). The van der Waals surface area contributed by atoms with Crippen molar-refractivity contribution >= 4 is 0 Å². The number of methoxy groups -OCH3 is 1. The average Bonchev–Trinajstić information content (AvgIpc) is 2.83. The summed E-state index contributed by atoms with van der Waals surface area (Å²) in [6, 6.07) is 2.14. The SMILES string of the molecule is CCn1ncc(OC)c1C(NC)c1cncc(C)c1. The third-order valence-electron chi connectivity index (χ3n) is 3.16. The molecule has 0 amide bonds. The number of aromatic nitrogens is 3. The minimum absolute atomic E-state index is 0.0183. The van der Waals surface area contributed by atoms with Crippen molar-refractivity contribution < 1.29 is 4.74 Å². The van der Waals surface area contributed by atoms with Gasteiger partial charge in [0.05, 0.1) is 19.3 Å². The standard InChI is InChI=1S/C14H20N4O/c1-5-18-14(12(19-4)9-17-18)13(15-3)11-6-10(2)7-16-8-11/h6-9,13,15H,5H2,1-4H3. The van der Waals surface area contributed by atoms with Crippen molar-refractivity contribution in [2.75, 3.05) is 14.2 Å². The maximum Gasteiger partial charge on any atom is 0.161 e. The molecule has 2 heterocycles. The van der Waals surface area contributed by atoms with Crippen LogP contribution in [0.3, 0.4) is 0 Å². The van der Waals surface area contributed by atoms with Gasteiger partial charge in [0.1, 0.15) is 5.69 Å². The molecule has 5 nitrogen and oxygen atoms in total. The van der Waals surface area contributed by atoms with E-state index in [4.69, 9.17) is 4.74 Å². The Morgan fingerprint density at radius 3 is 2.74 bits per heavy atom. The van der Waals surface area contributed by atoms with Gasteiger partial charge in [-0.15, -0.1) is 0 Å². The third-order valence-corrected chi connectivity index (χ3v) is 3.16. The van der Waals surface area contributed by atoms with Crippen molar-refractivity contribution in [2.45, 2.75) is 26.4 Å². The van der Waals surface area contributed by atoms with Gasteiger partial charge in [-0.05, 0) is 32.0 Å². The van der Waals surface area contributed by atoms with Crippen LogP contribution in [0.25, 0.3) is 0 Å². The van der Waals surface area contributed by atoms with Gasteiger partial charge < -0.3 is 10.1 Å². The molecule has 0 spiro atoms. The van der Waals surface area contributed by atoms with Crippen LogP contribution in [-0.4, -0.2) is 28.9 Å². The molecule has 19 heavy (non-hydrogen) atoms. The van der Waals surface area contributed by atoms with Gasteiger partial charge in [0.25, 0.3) is 0 Å². The number of pyridine rings is 1. The van der Waals surface area contributed by atoms with Gasteiger partial charge >= 0.3 is 0 Å². The Labute approximate surface area is 113 Å². The van der Waals surface area contributed by atoms with E-state index in [2.05, 4.69) is 28.4 Å². The molecule has 2 aromatic heterocycles. The number of nitrogens with one attached hydrogen (secondary N) is 1. The first-order valence-corrected chi connectivity index (χ1v) is 6.39. The zero-order valence-electron chi connectivity index (χ0n) is 11.8. The van der Waals surface area contributed by atoms with Crippen molar-refractivity contribution in [3.05, 3.63) is 41.5 Å². The molecular formula is C14H20N4O. The lowest BCUT2D eigenvalue weighted by atomic mass is 10.0. The Morgan fingerprint density at radius 2 is 2.16 bits per heavy atom. The lowest BCUT2D eigenvalue weighted by Gasteiger charge is -2.19. The lowest BCUT2D eigenvalue weighted by molar-refractivity contribution is 0.401. The van der Waals surface area contributed by atoms with E-state index in [-0.39, 0.29) is 6.04 Å². The molecule has 0 aromatic carbocycles. The highest BCUT2D eigenvalue weighted by Crippen LogP contribution is 2.29. The van der Waals surface area contributed by atoms with Crippen LogP contribution in [0, 0.1) is 6.92 Å². The van der Waals surface area contributed by atoms with Gasteiger partial charge in [-0.2, -0.15) is 5.10 Å². The predicted molar refractivity (Wildman–Crippen MR) is 74.3 cm³/mol. The maximum atomic E-state index is 5.42. The van der Waals surface area contributed by atoms with Gasteiger partial charge in [-0.3, -0.25) is 9.67 Å². The Bertz CT molecular complexity index is 529. The summed E-state index contributed by atoms with van der Waals surface area (Å²) in [7, 11) is 3.60. The van der Waals surface area contributed by atoms with Crippen molar-refractivity contribution in [1.29, 1.82) is 0 Å². The summed E-state index contributed by atoms with van der Waals surface area (Å²) >= 11 is 0. The Hall–Kier alpha value is -1.88. The predicted octanol–water partition coefficient (Wildman–Crippen LogP) is 1.92. The summed E-state index contributed by atoms with van der Waals surface area (Å²) in [4.78, 5) is 4.26. The number of nitrogens with zero attached hydrogens (tertiary/aromatic N) is 3. The van der Waals surface area contributed by atoms with Crippen molar-refractivity contribution in [3.63, 3.8) is 0 Å². The Kier molecular flexibility index (Phi) is 4.16. The van der Waals surface area contributed by atoms with E-state index >= 15 is 0 Å². The molecule has 2 aromatic rings. The summed E-state index contributed by atoms with van der Waals surface area (Å²) in [6.07, 6.45) is 5.48. The molecule has 0 radical (unpaired) electrons. The Balaban J connectivity index is 2.50. The van der Waals surface area contributed by atoms with Crippen LogP contribution in [0.2, 0.25) is 0 Å². The van der Waals surface area contributed by atoms with Crippen LogP contribution in [0.4, 0.5) is 0 Å². The van der Waals surface area contributed by atoms with Crippen LogP contribution in [0.5, 0.6) is 5.75 Å². The molecule has 0 bridgehead atoms. The second-order valence-corrected chi connectivity index (χ2v) is 4.43. The quantitative estimate of drug-likeness (QED) is 0.892. The summed E-state index contributed by atoms with van der Waals surface area (Å²) in [5, 5.41) is 7.67. The average molecular weight is 260 g/mol. The highest BCUT2D eigenvalue weighted by Gasteiger charge is 2.22. The van der Waals surface area contributed by atoms with Gasteiger partial charge in [-0.25, -0.2) is 0 Å². The highest BCUT2D eigenvalue weighted by atomic mass is 16.5. The molecule has 1 N–H and O–H groups in total. The topological polar surface area (TPSA) is 52.0 Å². The fourth-order valence-electron chi connectivity index (χ4n) is 2.28. The van der Waals surface area contributed by atoms with Crippen molar-refractivity contribution in [1.82, 2.24) is 20.1 Å². The van der Waals surface area contributed by atoms with Crippen molar-refractivity contribution in [2.24, 2.45) is 0 Å². The molecule has 0 aliphatic carbocycles. The minimum atomic E-state index is 0.0183. The van der Waals surface area contributed by atoms with E-state index in [1.165, 1.54) is 0 Å². The number of aryl methyl sites for hydroxylation is 2. The van der Waals surface area contributed by atoms with E-state index in [0.29, 0.717) is 0 Å². The van der Waals surface area contributed by atoms with Crippen LogP contribution in [0.15, 0.2) is 24.7 Å². The number of rotatable bonds is 5. The fraction of sp³-hybridized carbons (Fsp3) is 0.429. The monoisotopic (exact) mass is 260 g/mol. The Morgan fingerprint density at radius 1 is 1.37 bits per heavy atom. The normalized spacial score (nSPS) is 12.4. The van der Waals surface area contributed by atoms with Crippen LogP contribution in [-0.2, 0) is 6.54 Å². The van der Waals surface area contributed by atoms with E-state index in [1.54, 1.807) is 13.3 Å². The zero-order chi connectivity index (χ0) is 13.8. The summed E-state index contributed by atoms with van der Waals surface area (Å²) in [5.74, 6) is 0.794. The molecule has 0 saturated heterocycles. The third kappa shape index (κ3) is 2.61. The smallest absolute Gasteiger partial charge is 0.161 e. The van der Waals surface area contributed by atoms with Crippen LogP contribution in [0.1, 0.15) is 29.8 Å². The summed E-state index contributed by atoms with van der Waals surface area (Å²) in [5.41, 5.74) is 3.27. The molecule has 0 aliphatic rings. The van der Waals surface area contributed by atoms with E-state index < -0.39 is 0 Å².